The van der Waals surface area contributed by atoms with E-state index in [-0.39, 0.29) is 5.54 Å². The summed E-state index contributed by atoms with van der Waals surface area (Å²) in [6, 6.07) is 5.83. The highest BCUT2D eigenvalue weighted by molar-refractivity contribution is 14.1. The maximum Gasteiger partial charge on any atom is 0.142 e. The quantitative estimate of drug-likeness (QED) is 0.680. The lowest BCUT2D eigenvalue weighted by atomic mass is 10.1. The minimum atomic E-state index is -0.00453. The van der Waals surface area contributed by atoms with Crippen LogP contribution in [0.5, 0.6) is 5.75 Å². The van der Waals surface area contributed by atoms with E-state index >= 15 is 0 Å². The van der Waals surface area contributed by atoms with Crippen LogP contribution >= 0.6 is 22.6 Å². The van der Waals surface area contributed by atoms with Crippen LogP contribution in [-0.4, -0.2) is 31.1 Å². The van der Waals surface area contributed by atoms with Crippen LogP contribution in [-0.2, 0) is 0 Å². The van der Waals surface area contributed by atoms with Gasteiger partial charge in [0, 0.05) is 9.11 Å². The van der Waals surface area contributed by atoms with Crippen molar-refractivity contribution in [3.05, 3.63) is 21.8 Å². The molecule has 90 valence electrons. The molecule has 0 atom stereocenters. The third kappa shape index (κ3) is 3.52. The lowest BCUT2D eigenvalue weighted by molar-refractivity contribution is 0.114. The van der Waals surface area contributed by atoms with Crippen molar-refractivity contribution in [3.63, 3.8) is 0 Å². The monoisotopic (exact) mass is 334 g/mol. The van der Waals surface area contributed by atoms with E-state index in [9.17, 15) is 0 Å². The average Bonchev–Trinajstić information content (AvgIpc) is 2.16. The third-order valence-corrected chi connectivity index (χ3v) is 3.43. The van der Waals surface area contributed by atoms with Gasteiger partial charge in [-0.25, -0.2) is 0 Å². The number of ether oxygens (including phenoxy) is 1. The van der Waals surface area contributed by atoms with Crippen molar-refractivity contribution in [3.8, 4) is 5.75 Å². The number of rotatable bonds is 4. The van der Waals surface area contributed by atoms with Crippen LogP contribution in [0, 0.1) is 3.57 Å². The summed E-state index contributed by atoms with van der Waals surface area (Å²) in [7, 11) is 4.08. The van der Waals surface area contributed by atoms with Gasteiger partial charge in [0.25, 0.3) is 0 Å². The predicted molar refractivity (Wildman–Crippen MR) is 76.8 cm³/mol. The van der Waals surface area contributed by atoms with Gasteiger partial charge in [-0.05, 0) is 68.7 Å². The number of anilines is 1. The highest BCUT2D eigenvalue weighted by Crippen LogP contribution is 2.24. The molecule has 0 bridgehead atoms. The van der Waals surface area contributed by atoms with Crippen LogP contribution in [0.1, 0.15) is 13.8 Å². The molecule has 16 heavy (non-hydrogen) atoms. The molecule has 4 heteroatoms. The van der Waals surface area contributed by atoms with Crippen molar-refractivity contribution in [1.82, 2.24) is 4.90 Å². The zero-order valence-corrected chi connectivity index (χ0v) is 12.4. The molecule has 3 nitrogen and oxygen atoms in total. The summed E-state index contributed by atoms with van der Waals surface area (Å²) in [5.74, 6) is 0.760. The number of nitrogens with zero attached hydrogens (tertiary/aromatic N) is 1. The summed E-state index contributed by atoms with van der Waals surface area (Å²) >= 11 is 2.23. The molecule has 1 aromatic rings. The number of nitrogens with two attached hydrogens (primary N) is 1. The van der Waals surface area contributed by atoms with Gasteiger partial charge in [0.05, 0.1) is 5.69 Å². The van der Waals surface area contributed by atoms with Crippen LogP contribution in [0.15, 0.2) is 18.2 Å². The first kappa shape index (κ1) is 13.6. The zero-order chi connectivity index (χ0) is 12.3. The number of likely N-dealkylation sites (N-methyl/N-ethyl adjacent to an activating group) is 1. The van der Waals surface area contributed by atoms with E-state index in [0.29, 0.717) is 12.3 Å². The summed E-state index contributed by atoms with van der Waals surface area (Å²) in [5.41, 5.74) is 6.57. The minimum Gasteiger partial charge on any atom is -0.490 e. The highest BCUT2D eigenvalue weighted by atomic mass is 127. The molecule has 0 saturated heterocycles. The Morgan fingerprint density at radius 1 is 1.38 bits per heavy atom. The van der Waals surface area contributed by atoms with Crippen LogP contribution < -0.4 is 10.5 Å². The summed E-state index contributed by atoms with van der Waals surface area (Å²) in [6.45, 7) is 4.89. The summed E-state index contributed by atoms with van der Waals surface area (Å²) in [5, 5.41) is 0. The highest BCUT2D eigenvalue weighted by Gasteiger charge is 2.21. The van der Waals surface area contributed by atoms with Gasteiger partial charge >= 0.3 is 0 Å². The Morgan fingerprint density at radius 3 is 2.50 bits per heavy atom. The first-order valence-corrected chi connectivity index (χ1v) is 6.26. The van der Waals surface area contributed by atoms with Gasteiger partial charge in [-0.15, -0.1) is 0 Å². The largest absolute Gasteiger partial charge is 0.490 e. The molecule has 0 aliphatic rings. The smallest absolute Gasteiger partial charge is 0.142 e. The molecule has 0 aromatic heterocycles. The zero-order valence-electron chi connectivity index (χ0n) is 10.2. The maximum atomic E-state index is 5.88. The van der Waals surface area contributed by atoms with E-state index in [4.69, 9.17) is 10.5 Å². The van der Waals surface area contributed by atoms with Crippen molar-refractivity contribution in [2.24, 2.45) is 0 Å². The molecule has 1 rings (SSSR count). The second-order valence-electron chi connectivity index (χ2n) is 4.68. The van der Waals surface area contributed by atoms with Crippen molar-refractivity contribution < 1.29 is 4.74 Å². The molecular formula is C12H19IN2O. The molecule has 0 spiro atoms. The van der Waals surface area contributed by atoms with Gasteiger partial charge in [0.15, 0.2) is 0 Å². The number of halogens is 1. The van der Waals surface area contributed by atoms with Gasteiger partial charge < -0.3 is 15.4 Å². The van der Waals surface area contributed by atoms with Gasteiger partial charge in [0.1, 0.15) is 12.4 Å². The number of hydrogen-bond donors (Lipinski definition) is 1. The number of nitrogen functional groups attached to an aromatic ring is 1. The van der Waals surface area contributed by atoms with Crippen LogP contribution in [0.4, 0.5) is 5.69 Å². The summed E-state index contributed by atoms with van der Waals surface area (Å²) in [6.07, 6.45) is 0. The standard InChI is InChI=1S/C12H19IN2O/c1-12(2,15(3)4)8-16-11-6-5-9(13)7-10(11)14/h5-7H,8,14H2,1-4H3. The molecule has 1 aromatic carbocycles. The Labute approximate surface area is 111 Å². The Bertz CT molecular complexity index is 364. The minimum absolute atomic E-state index is 0.00453. The third-order valence-electron chi connectivity index (χ3n) is 2.76. The Balaban J connectivity index is 2.68. The Morgan fingerprint density at radius 2 is 2.00 bits per heavy atom. The normalized spacial score (nSPS) is 11.9. The molecule has 0 aliphatic carbocycles. The van der Waals surface area contributed by atoms with E-state index in [1.165, 1.54) is 0 Å². The van der Waals surface area contributed by atoms with E-state index in [0.717, 1.165) is 9.32 Å². The first-order chi connectivity index (χ1) is 7.33. The molecular weight excluding hydrogens is 315 g/mol. The fraction of sp³-hybridized carbons (Fsp3) is 0.500. The SMILES string of the molecule is CN(C)C(C)(C)COc1ccc(I)cc1N. The lowest BCUT2D eigenvalue weighted by Crippen LogP contribution is -2.43. The fourth-order valence-electron chi connectivity index (χ4n) is 1.03. The van der Waals surface area contributed by atoms with Gasteiger partial charge in [-0.1, -0.05) is 0 Å². The lowest BCUT2D eigenvalue weighted by Gasteiger charge is -2.32. The van der Waals surface area contributed by atoms with Crippen LogP contribution in [0.25, 0.3) is 0 Å². The van der Waals surface area contributed by atoms with E-state index < -0.39 is 0 Å². The molecule has 0 heterocycles. The molecule has 0 radical (unpaired) electrons. The van der Waals surface area contributed by atoms with E-state index in [1.807, 2.05) is 32.3 Å². The number of benzene rings is 1. The molecule has 0 unspecified atom stereocenters. The van der Waals surface area contributed by atoms with Crippen LogP contribution in [0.2, 0.25) is 0 Å². The van der Waals surface area contributed by atoms with Gasteiger partial charge in [0.2, 0.25) is 0 Å². The molecule has 0 amide bonds. The average molecular weight is 334 g/mol. The summed E-state index contributed by atoms with van der Waals surface area (Å²) in [4.78, 5) is 2.13. The Kier molecular flexibility index (Phi) is 4.43. The summed E-state index contributed by atoms with van der Waals surface area (Å²) < 4.78 is 6.87. The van der Waals surface area contributed by atoms with E-state index in [1.54, 1.807) is 0 Å². The second kappa shape index (κ2) is 5.23. The maximum absolute atomic E-state index is 5.88. The van der Waals surface area contributed by atoms with Crippen molar-refractivity contribution in [1.29, 1.82) is 0 Å². The fourth-order valence-corrected chi connectivity index (χ4v) is 1.55. The van der Waals surface area contributed by atoms with Crippen LogP contribution in [0.3, 0.4) is 0 Å². The Hall–Kier alpha value is -0.490. The second-order valence-corrected chi connectivity index (χ2v) is 5.92. The molecule has 0 aliphatic heterocycles. The predicted octanol–water partition coefficient (Wildman–Crippen LogP) is 2.59. The molecule has 0 fully saturated rings. The molecule has 2 N–H and O–H groups in total. The van der Waals surface area contributed by atoms with Gasteiger partial charge in [-0.2, -0.15) is 0 Å². The van der Waals surface area contributed by atoms with E-state index in [2.05, 4.69) is 41.3 Å². The van der Waals surface area contributed by atoms with Crippen molar-refractivity contribution >= 4 is 28.3 Å². The van der Waals surface area contributed by atoms with Gasteiger partial charge in [-0.3, -0.25) is 0 Å². The van der Waals surface area contributed by atoms with Crippen molar-refractivity contribution in [2.45, 2.75) is 19.4 Å². The first-order valence-electron chi connectivity index (χ1n) is 5.18. The molecule has 0 saturated carbocycles. The van der Waals surface area contributed by atoms with Crippen molar-refractivity contribution in [2.75, 3.05) is 26.4 Å². The topological polar surface area (TPSA) is 38.5 Å². The number of hydrogen-bond acceptors (Lipinski definition) is 3.